The van der Waals surface area contributed by atoms with Crippen molar-refractivity contribution in [3.63, 3.8) is 0 Å². The maximum atomic E-state index is 11.3. The highest BCUT2D eigenvalue weighted by molar-refractivity contribution is 5.78. The van der Waals surface area contributed by atoms with E-state index in [4.69, 9.17) is 9.52 Å². The molecule has 7 nitrogen and oxygen atoms in total. The van der Waals surface area contributed by atoms with Crippen molar-refractivity contribution < 1.29 is 14.3 Å². The topological polar surface area (TPSA) is 96.5 Å². The fourth-order valence-electron chi connectivity index (χ4n) is 1.78. The summed E-state index contributed by atoms with van der Waals surface area (Å²) in [5.74, 6) is -1.35. The fourth-order valence-corrected chi connectivity index (χ4v) is 1.78. The average Bonchev–Trinajstić information content (AvgIpc) is 2.65. The molecule has 1 unspecified atom stereocenters. The summed E-state index contributed by atoms with van der Waals surface area (Å²) in [5.41, 5.74) is 1.86. The minimum Gasteiger partial charge on any atom is -0.480 e. The molecule has 2 aromatic rings. The first kappa shape index (κ1) is 13.2. The molecule has 102 valence electrons. The van der Waals surface area contributed by atoms with Crippen LogP contribution in [0.4, 0.5) is 5.69 Å². The molecule has 1 aromatic carbocycles. The van der Waals surface area contributed by atoms with Crippen molar-refractivity contribution in [1.29, 1.82) is 0 Å². The third-order valence-electron chi connectivity index (χ3n) is 2.95. The van der Waals surface area contributed by atoms with Gasteiger partial charge in [-0.25, -0.2) is 4.79 Å². The van der Waals surface area contributed by atoms with Gasteiger partial charge in [0.05, 0.1) is 5.52 Å². The second-order valence-electron chi connectivity index (χ2n) is 4.17. The first-order valence-electron chi connectivity index (χ1n) is 5.76. The number of carboxylic acids is 1. The largest absolute Gasteiger partial charge is 0.480 e. The van der Waals surface area contributed by atoms with E-state index in [0.717, 1.165) is 0 Å². The molecule has 1 atom stereocenters. The summed E-state index contributed by atoms with van der Waals surface area (Å²) in [4.78, 5) is 22.2. The fraction of sp³-hybridized carbons (Fsp3) is 0.333. The number of nitrogens with zero attached hydrogens (tertiary/aromatic N) is 1. The number of aryl methyl sites for hydroxylation is 1. The zero-order chi connectivity index (χ0) is 14.0. The molecule has 1 aromatic heterocycles. The number of hydrogen-bond acceptors (Lipinski definition) is 5. The molecule has 19 heavy (non-hydrogen) atoms. The van der Waals surface area contributed by atoms with E-state index in [9.17, 15) is 9.59 Å². The number of anilines is 1. The lowest BCUT2D eigenvalue weighted by atomic mass is 10.2. The molecule has 0 saturated carbocycles. The molecule has 0 radical (unpaired) electrons. The number of nitrogens with one attached hydrogen (secondary N) is 2. The van der Waals surface area contributed by atoms with Crippen molar-refractivity contribution in [3.05, 3.63) is 28.7 Å². The molecular formula is C12H15N3O4. The van der Waals surface area contributed by atoms with Crippen molar-refractivity contribution in [2.24, 2.45) is 7.05 Å². The van der Waals surface area contributed by atoms with Crippen LogP contribution in [-0.4, -0.2) is 35.3 Å². The van der Waals surface area contributed by atoms with E-state index in [0.29, 0.717) is 16.8 Å². The molecule has 0 aliphatic rings. The van der Waals surface area contributed by atoms with Gasteiger partial charge in [0.1, 0.15) is 6.04 Å². The van der Waals surface area contributed by atoms with Crippen molar-refractivity contribution >= 4 is 22.8 Å². The summed E-state index contributed by atoms with van der Waals surface area (Å²) >= 11 is 0. The van der Waals surface area contributed by atoms with Crippen LogP contribution in [0, 0.1) is 0 Å². The molecule has 7 heteroatoms. The minimum absolute atomic E-state index is 0.231. The van der Waals surface area contributed by atoms with Crippen molar-refractivity contribution in [2.45, 2.75) is 6.04 Å². The number of benzene rings is 1. The number of likely N-dealkylation sites (N-methyl/N-ethyl adjacent to an activating group) is 1. The van der Waals surface area contributed by atoms with Gasteiger partial charge in [-0.2, -0.15) is 0 Å². The zero-order valence-electron chi connectivity index (χ0n) is 10.6. The van der Waals surface area contributed by atoms with Gasteiger partial charge in [0.25, 0.3) is 0 Å². The smallest absolute Gasteiger partial charge is 0.419 e. The first-order valence-corrected chi connectivity index (χ1v) is 5.76. The molecule has 3 N–H and O–H groups in total. The quantitative estimate of drug-likeness (QED) is 0.715. The third-order valence-corrected chi connectivity index (χ3v) is 2.95. The second kappa shape index (κ2) is 5.15. The molecule has 0 bridgehead atoms. The maximum Gasteiger partial charge on any atom is 0.419 e. The summed E-state index contributed by atoms with van der Waals surface area (Å²) in [6, 6.07) is 4.51. The van der Waals surface area contributed by atoms with E-state index in [1.165, 1.54) is 4.57 Å². The Morgan fingerprint density at radius 2 is 2.26 bits per heavy atom. The second-order valence-corrected chi connectivity index (χ2v) is 4.17. The molecule has 0 fully saturated rings. The monoisotopic (exact) mass is 265 g/mol. The molecule has 0 amide bonds. The van der Waals surface area contributed by atoms with Crippen LogP contribution in [-0.2, 0) is 11.8 Å². The number of carbonyl (C=O) groups is 1. The van der Waals surface area contributed by atoms with Gasteiger partial charge in [0.2, 0.25) is 0 Å². The Bertz CT molecular complexity index is 659. The SMILES string of the molecule is CNC(CNc1ccc2c(c1)oc(=O)n2C)C(=O)O. The van der Waals surface area contributed by atoms with Gasteiger partial charge >= 0.3 is 11.7 Å². The van der Waals surface area contributed by atoms with Gasteiger partial charge in [-0.1, -0.05) is 0 Å². The van der Waals surface area contributed by atoms with Crippen LogP contribution in [0.5, 0.6) is 0 Å². The molecule has 1 heterocycles. The molecule has 2 rings (SSSR count). The Balaban J connectivity index is 2.18. The van der Waals surface area contributed by atoms with Crippen LogP contribution < -0.4 is 16.4 Å². The summed E-state index contributed by atoms with van der Waals surface area (Å²) in [5, 5.41) is 14.6. The van der Waals surface area contributed by atoms with Crippen molar-refractivity contribution in [1.82, 2.24) is 9.88 Å². The number of aliphatic carboxylic acids is 1. The summed E-state index contributed by atoms with van der Waals surface area (Å²) in [6.07, 6.45) is 0. The van der Waals surface area contributed by atoms with E-state index >= 15 is 0 Å². The lowest BCUT2D eigenvalue weighted by Gasteiger charge is -2.13. The number of fused-ring (bicyclic) bond motifs is 1. The Labute approximate surface area is 108 Å². The summed E-state index contributed by atoms with van der Waals surface area (Å²) in [7, 11) is 3.21. The number of aromatic nitrogens is 1. The molecule has 0 aliphatic carbocycles. The zero-order valence-corrected chi connectivity index (χ0v) is 10.6. The lowest BCUT2D eigenvalue weighted by molar-refractivity contribution is -0.138. The highest BCUT2D eigenvalue weighted by Gasteiger charge is 2.14. The predicted molar refractivity (Wildman–Crippen MR) is 70.4 cm³/mol. The highest BCUT2D eigenvalue weighted by atomic mass is 16.4. The summed E-state index contributed by atoms with van der Waals surface area (Å²) in [6.45, 7) is 0.231. The first-order chi connectivity index (χ1) is 9.02. The van der Waals surface area contributed by atoms with Gasteiger partial charge in [-0.3, -0.25) is 9.36 Å². The average molecular weight is 265 g/mol. The number of hydrogen-bond donors (Lipinski definition) is 3. The van der Waals surface area contributed by atoms with Crippen molar-refractivity contribution in [3.8, 4) is 0 Å². The van der Waals surface area contributed by atoms with Crippen LogP contribution in [0.25, 0.3) is 11.1 Å². The van der Waals surface area contributed by atoms with Crippen molar-refractivity contribution in [2.75, 3.05) is 18.9 Å². The van der Waals surface area contributed by atoms with E-state index < -0.39 is 17.8 Å². The molecule has 0 spiro atoms. The summed E-state index contributed by atoms with van der Waals surface area (Å²) < 4.78 is 6.46. The number of rotatable bonds is 5. The van der Waals surface area contributed by atoms with E-state index in [2.05, 4.69) is 10.6 Å². The molecule has 0 saturated heterocycles. The Hall–Kier alpha value is -2.28. The van der Waals surface area contributed by atoms with Gasteiger partial charge in [-0.05, 0) is 19.2 Å². The standard InChI is InChI=1S/C12H15N3O4/c1-13-8(11(16)17)6-14-7-3-4-9-10(5-7)19-12(18)15(9)2/h3-5,8,13-14H,6H2,1-2H3,(H,16,17). The van der Waals surface area contributed by atoms with Gasteiger partial charge in [0, 0.05) is 25.3 Å². The molecular weight excluding hydrogens is 250 g/mol. The van der Waals surface area contributed by atoms with Crippen LogP contribution in [0.15, 0.2) is 27.4 Å². The Morgan fingerprint density at radius 1 is 1.53 bits per heavy atom. The third kappa shape index (κ3) is 2.60. The molecule has 0 aliphatic heterocycles. The van der Waals surface area contributed by atoms with Crippen LogP contribution in [0.1, 0.15) is 0 Å². The van der Waals surface area contributed by atoms with Crippen LogP contribution in [0.3, 0.4) is 0 Å². The Morgan fingerprint density at radius 3 is 2.89 bits per heavy atom. The van der Waals surface area contributed by atoms with Gasteiger partial charge in [0.15, 0.2) is 5.58 Å². The normalized spacial score (nSPS) is 12.5. The number of oxazole rings is 1. The minimum atomic E-state index is -0.928. The van der Waals surface area contributed by atoms with Crippen LogP contribution >= 0.6 is 0 Å². The van der Waals surface area contributed by atoms with E-state index in [-0.39, 0.29) is 6.54 Å². The van der Waals surface area contributed by atoms with E-state index in [1.807, 2.05) is 0 Å². The number of carboxylic acid groups (broad SMARTS) is 1. The van der Waals surface area contributed by atoms with Gasteiger partial charge in [-0.15, -0.1) is 0 Å². The highest BCUT2D eigenvalue weighted by Crippen LogP contribution is 2.17. The van der Waals surface area contributed by atoms with E-state index in [1.54, 1.807) is 32.3 Å². The Kier molecular flexibility index (Phi) is 3.57. The predicted octanol–water partition coefficient (Wildman–Crippen LogP) is 0.216. The van der Waals surface area contributed by atoms with Crippen LogP contribution in [0.2, 0.25) is 0 Å². The lowest BCUT2D eigenvalue weighted by Crippen LogP contribution is -2.39. The maximum absolute atomic E-state index is 11.3. The van der Waals surface area contributed by atoms with Gasteiger partial charge < -0.3 is 20.2 Å².